The number of hydrogen-bond donors (Lipinski definition) is 5. The lowest BCUT2D eigenvalue weighted by Gasteiger charge is -2.42. The molecule has 0 aliphatic carbocycles. The largest absolute Gasteiger partial charge is 0.388 e. The first-order valence-electron chi connectivity index (χ1n) is 12.0. The normalized spacial score (nSPS) is 31.0. The highest BCUT2D eigenvalue weighted by atomic mass is 35.5. The summed E-state index contributed by atoms with van der Waals surface area (Å²) in [6.45, 7) is 2.58. The van der Waals surface area contributed by atoms with Crippen molar-refractivity contribution in [2.75, 3.05) is 12.8 Å². The number of nitrogens with one attached hydrogen (secondary N) is 1. The minimum absolute atomic E-state index is 0.00443. The molecule has 0 spiro atoms. The molecule has 8 atom stereocenters. The summed E-state index contributed by atoms with van der Waals surface area (Å²) in [5.41, 5.74) is 7.90. The number of rotatable bonds is 8. The Balaban J connectivity index is 0.000000251. The van der Waals surface area contributed by atoms with Crippen LogP contribution in [0.3, 0.4) is 0 Å². The van der Waals surface area contributed by atoms with E-state index in [-0.39, 0.29) is 6.04 Å². The summed E-state index contributed by atoms with van der Waals surface area (Å²) in [6.07, 6.45) is 8.92. The van der Waals surface area contributed by atoms with Crippen molar-refractivity contribution in [1.82, 2.24) is 5.32 Å². The number of nitrogens with two attached hydrogens (primary N) is 1. The molecule has 0 aromatic heterocycles. The van der Waals surface area contributed by atoms with E-state index >= 15 is 0 Å². The van der Waals surface area contributed by atoms with Gasteiger partial charge in [0.05, 0.1) is 6.04 Å². The molecule has 7 nitrogen and oxygen atoms in total. The van der Waals surface area contributed by atoms with Crippen LogP contribution in [0, 0.1) is 0 Å². The first kappa shape index (κ1) is 30.0. The smallest absolute Gasteiger partial charge is 0.137 e. The van der Waals surface area contributed by atoms with Crippen LogP contribution in [-0.4, -0.2) is 81.7 Å². The maximum absolute atomic E-state index is 10.7. The second kappa shape index (κ2) is 15.8. The molecule has 0 saturated carbocycles. The Labute approximate surface area is 217 Å². The fourth-order valence-corrected chi connectivity index (χ4v) is 4.72. The second-order valence-electron chi connectivity index (χ2n) is 8.82. The number of ether oxygens (including phenoxy) is 1. The Morgan fingerprint density at radius 2 is 1.94 bits per heavy atom. The highest BCUT2D eigenvalue weighted by Gasteiger charge is 2.46. The highest BCUT2D eigenvalue weighted by molar-refractivity contribution is 7.99. The van der Waals surface area contributed by atoms with Gasteiger partial charge < -0.3 is 35.9 Å². The lowest BCUT2D eigenvalue weighted by atomic mass is 9.94. The van der Waals surface area contributed by atoms with Gasteiger partial charge in [0.2, 0.25) is 0 Å². The van der Waals surface area contributed by atoms with Gasteiger partial charge in [0.25, 0.3) is 0 Å². The van der Waals surface area contributed by atoms with Crippen LogP contribution in [0.25, 0.3) is 0 Å². The minimum atomic E-state index is -1.27. The molecule has 35 heavy (non-hydrogen) atoms. The molecule has 196 valence electrons. The number of aldehydes is 1. The van der Waals surface area contributed by atoms with Gasteiger partial charge in [-0.15, -0.1) is 23.4 Å². The molecule has 2 aliphatic heterocycles. The average molecular weight is 527 g/mol. The van der Waals surface area contributed by atoms with Crippen molar-refractivity contribution in [3.05, 3.63) is 59.7 Å². The third-order valence-electron chi connectivity index (χ3n) is 6.14. The van der Waals surface area contributed by atoms with Crippen molar-refractivity contribution in [3.8, 4) is 0 Å². The fourth-order valence-electron chi connectivity index (χ4n) is 3.90. The third kappa shape index (κ3) is 9.63. The lowest BCUT2D eigenvalue weighted by Crippen LogP contribution is -2.62. The molecule has 3 rings (SSSR count). The Hall–Kier alpha value is -1.23. The molecule has 7 unspecified atom stereocenters. The Bertz CT molecular complexity index is 808. The van der Waals surface area contributed by atoms with Crippen LogP contribution >= 0.6 is 23.4 Å². The maximum Gasteiger partial charge on any atom is 0.137 e. The van der Waals surface area contributed by atoms with Gasteiger partial charge in [-0.25, -0.2) is 0 Å². The molecule has 1 aromatic carbocycles. The summed E-state index contributed by atoms with van der Waals surface area (Å²) in [5.74, 6) is 0. The Morgan fingerprint density at radius 1 is 1.23 bits per heavy atom. The molecule has 0 bridgehead atoms. The molecule has 1 saturated heterocycles. The zero-order chi connectivity index (χ0) is 25.8. The summed E-state index contributed by atoms with van der Waals surface area (Å²) in [7, 11) is 0. The predicted molar refractivity (Wildman–Crippen MR) is 143 cm³/mol. The van der Waals surface area contributed by atoms with Gasteiger partial charge in [-0.1, -0.05) is 54.1 Å². The van der Waals surface area contributed by atoms with Crippen molar-refractivity contribution in [2.24, 2.45) is 5.73 Å². The van der Waals surface area contributed by atoms with Crippen molar-refractivity contribution in [3.63, 3.8) is 0 Å². The maximum atomic E-state index is 10.7. The zero-order valence-electron chi connectivity index (χ0n) is 20.4. The van der Waals surface area contributed by atoms with E-state index in [4.69, 9.17) is 22.1 Å². The van der Waals surface area contributed by atoms with Crippen LogP contribution in [0.5, 0.6) is 0 Å². The summed E-state index contributed by atoms with van der Waals surface area (Å²) in [6, 6.07) is 9.93. The number of aryl methyl sites for hydroxylation is 1. The molecule has 2 heterocycles. The Kier molecular flexibility index (Phi) is 13.5. The molecular formula is C26H39ClN2O5S. The number of aliphatic hydroxyl groups excluding tert-OH is 3. The molecule has 2 aliphatic rings. The van der Waals surface area contributed by atoms with Crippen molar-refractivity contribution in [1.29, 1.82) is 0 Å². The number of alkyl halides is 1. The van der Waals surface area contributed by atoms with Gasteiger partial charge in [-0.2, -0.15) is 0 Å². The molecule has 1 aromatic rings. The van der Waals surface area contributed by atoms with E-state index < -0.39 is 41.3 Å². The lowest BCUT2D eigenvalue weighted by molar-refractivity contribution is -0.202. The van der Waals surface area contributed by atoms with E-state index in [1.54, 1.807) is 13.2 Å². The highest BCUT2D eigenvalue weighted by Crippen LogP contribution is 2.29. The van der Waals surface area contributed by atoms with E-state index in [0.717, 1.165) is 38.5 Å². The van der Waals surface area contributed by atoms with Gasteiger partial charge in [0, 0.05) is 11.4 Å². The molecule has 0 radical (unpaired) electrons. The fraction of sp³-hybridized carbons (Fsp3) is 0.577. The van der Waals surface area contributed by atoms with Gasteiger partial charge in [-0.05, 0) is 51.0 Å². The SMILES string of the molecule is CSC1OC([C@H](N)C(C)Cl)C(O)C(O)C1O.O=CC1CC=C(/C=C/CCc2ccccc2)CCN1. The first-order valence-corrected chi connectivity index (χ1v) is 13.7. The Morgan fingerprint density at radius 3 is 2.57 bits per heavy atom. The number of allylic oxidation sites excluding steroid dienone is 2. The van der Waals surface area contributed by atoms with Gasteiger partial charge in [0.15, 0.2) is 0 Å². The number of thioether (sulfide) groups is 1. The average Bonchev–Trinajstić information content (AvgIpc) is 3.11. The summed E-state index contributed by atoms with van der Waals surface area (Å²) >= 11 is 7.09. The molecule has 1 fully saturated rings. The second-order valence-corrected chi connectivity index (χ2v) is 10.4. The standard InChI is InChI=1S/C17H21NO.C9H18ClNO4S/c19-14-17-11-10-16(12-13-18-17)9-5-4-8-15-6-2-1-3-7-15;1-3(10)4(11)8-6(13)5(12)7(14)9(15-8)16-2/h1-3,5-7,9-10,14,17-18H,4,8,11-13H2;3-9,12-14H,11H2,1-2H3/b9-5+;/t;3?,4-,5?,6?,7?,8?,9?/m.1/s1. The van der Waals surface area contributed by atoms with Crippen LogP contribution in [0.15, 0.2) is 54.1 Å². The summed E-state index contributed by atoms with van der Waals surface area (Å²) in [5, 5.41) is 31.9. The van der Waals surface area contributed by atoms with E-state index in [9.17, 15) is 20.1 Å². The first-order chi connectivity index (χ1) is 16.8. The summed E-state index contributed by atoms with van der Waals surface area (Å²) < 4.78 is 5.45. The molecule has 0 amide bonds. The van der Waals surface area contributed by atoms with Crippen molar-refractivity contribution in [2.45, 2.75) is 79.9 Å². The van der Waals surface area contributed by atoms with Crippen molar-refractivity contribution >= 4 is 29.6 Å². The number of carbonyl (C=O) groups excluding carboxylic acids is 1. The number of hydrogen-bond acceptors (Lipinski definition) is 8. The predicted octanol–water partition coefficient (Wildman–Crippen LogP) is 2.16. The van der Waals surface area contributed by atoms with Gasteiger partial charge in [0.1, 0.15) is 36.1 Å². The molecule has 9 heteroatoms. The van der Waals surface area contributed by atoms with E-state index in [0.29, 0.717) is 0 Å². The number of aliphatic hydroxyl groups is 3. The minimum Gasteiger partial charge on any atom is -0.388 e. The van der Waals surface area contributed by atoms with E-state index in [1.165, 1.54) is 22.9 Å². The van der Waals surface area contributed by atoms with Gasteiger partial charge >= 0.3 is 0 Å². The third-order valence-corrected chi connectivity index (χ3v) is 7.29. The quantitative estimate of drug-likeness (QED) is 0.258. The number of halogens is 1. The van der Waals surface area contributed by atoms with Crippen molar-refractivity contribution < 1.29 is 24.9 Å². The van der Waals surface area contributed by atoms with E-state index in [1.807, 2.05) is 6.07 Å². The van der Waals surface area contributed by atoms with Gasteiger partial charge in [-0.3, -0.25) is 0 Å². The van der Waals surface area contributed by atoms with Crippen LogP contribution < -0.4 is 11.1 Å². The van der Waals surface area contributed by atoms with E-state index in [2.05, 4.69) is 47.8 Å². The topological polar surface area (TPSA) is 125 Å². The van der Waals surface area contributed by atoms with Crippen LogP contribution in [0.4, 0.5) is 0 Å². The summed E-state index contributed by atoms with van der Waals surface area (Å²) in [4.78, 5) is 10.7. The number of carbonyl (C=O) groups is 1. The van der Waals surface area contributed by atoms with Crippen LogP contribution in [0.2, 0.25) is 0 Å². The monoisotopic (exact) mass is 526 g/mol. The number of benzene rings is 1. The molecule has 6 N–H and O–H groups in total. The van der Waals surface area contributed by atoms with Crippen LogP contribution in [0.1, 0.15) is 31.7 Å². The molecular weight excluding hydrogens is 488 g/mol. The zero-order valence-corrected chi connectivity index (χ0v) is 21.9. The van der Waals surface area contributed by atoms with Crippen LogP contribution in [-0.2, 0) is 16.0 Å².